The fourth-order valence-electron chi connectivity index (χ4n) is 12.6. The van der Waals surface area contributed by atoms with Gasteiger partial charge in [0, 0.05) is 102 Å². The Morgan fingerprint density at radius 2 is 1.49 bits per heavy atom. The summed E-state index contributed by atoms with van der Waals surface area (Å²) >= 11 is 0. The first-order valence-corrected chi connectivity index (χ1v) is 28.7. The molecule has 2 bridgehead atoms. The van der Waals surface area contributed by atoms with Gasteiger partial charge in [0.1, 0.15) is 5.78 Å². The zero-order valence-electron chi connectivity index (χ0n) is 47.9. The number of imide groups is 1. The Morgan fingerprint density at radius 1 is 0.795 bits per heavy atom. The summed E-state index contributed by atoms with van der Waals surface area (Å²) in [6.07, 6.45) is 10.2. The molecule has 0 unspecified atom stereocenters. The van der Waals surface area contributed by atoms with Gasteiger partial charge in [-0.3, -0.25) is 43.4 Å². The summed E-state index contributed by atoms with van der Waals surface area (Å²) in [5.41, 5.74) is 2.28. The largest absolute Gasteiger partial charge is 0.379 e. The molecule has 17 nitrogen and oxygen atoms in total. The van der Waals surface area contributed by atoms with E-state index in [1.165, 1.54) is 17.1 Å². The van der Waals surface area contributed by atoms with E-state index in [2.05, 4.69) is 34.7 Å². The minimum Gasteiger partial charge on any atom is -0.379 e. The highest BCUT2D eigenvalue weighted by Crippen LogP contribution is 2.43. The molecule has 3 aliphatic heterocycles. The predicted molar refractivity (Wildman–Crippen MR) is 300 cm³/mol. The number of amides is 7. The number of ether oxygens (including phenoxy) is 2. The molecule has 1 aliphatic carbocycles. The number of nitrogens with zero attached hydrogens (tertiary/aromatic N) is 4. The molecule has 78 heavy (non-hydrogen) atoms. The lowest BCUT2D eigenvalue weighted by atomic mass is 9.83. The standard InChI is InChI=1S/C61H89N7O10/c1-10-40(4)56(66(7)60(75)48(39(2)3)36-51(70)57-44-24-27-47(34-44)65(57)6)52(77-8)37-55(73)67-32-18-21-49(67)58(78-9)41(5)50(69)35-45(33-42-19-14-13-15-20-42)59(74)64-46-25-22-43(23-26-46)38-63-61(76)62-30-16-11-12-17-31-68-53(71)28-29-54(68)72/h13-15,19-20,22-23,25-26,28-29,39-41,44-45,47-49,52,56-58H,10-12,16-18,21,24,27,30-38H2,1-9H3,(H,64,74)(H2,62,63,76)/t40-,41-,44-,45+,47+,48-,49-,52+,56-,57-,58+/m0/s1. The normalized spacial score (nSPS) is 21.8. The Morgan fingerprint density at radius 3 is 2.12 bits per heavy atom. The van der Waals surface area contributed by atoms with E-state index in [4.69, 9.17) is 9.47 Å². The average Bonchev–Trinajstić information content (AvgIpc) is 4.25. The SMILES string of the molecule is CC[C@H](C)[C@@H]([C@@H](CC(=O)N1CCC[C@H]1[C@H](OC)[C@@H](C)C(=O)C[C@@H](Cc1ccccc1)C(=O)Nc1ccc(CNC(=O)NCCCCCCN2C(=O)C=CC2=O)cc1)OC)N(C)C(=O)[C@@H](CC(=O)[C@@H]1[C@H]2CC[C@H](C2)N1C)C(C)C. The lowest BCUT2D eigenvalue weighted by molar-refractivity contribution is -0.149. The van der Waals surface area contributed by atoms with Crippen LogP contribution < -0.4 is 16.0 Å². The minimum atomic E-state index is -0.714. The van der Waals surface area contributed by atoms with Crippen LogP contribution in [0.4, 0.5) is 10.5 Å². The highest BCUT2D eigenvalue weighted by Gasteiger charge is 2.49. The second kappa shape index (κ2) is 29.4. The summed E-state index contributed by atoms with van der Waals surface area (Å²) in [5, 5.41) is 8.73. The molecule has 428 valence electrons. The number of hydrogen-bond acceptors (Lipinski definition) is 11. The van der Waals surface area contributed by atoms with Crippen molar-refractivity contribution in [3.63, 3.8) is 0 Å². The van der Waals surface area contributed by atoms with E-state index in [-0.39, 0.29) is 90.8 Å². The molecule has 11 atom stereocenters. The van der Waals surface area contributed by atoms with Crippen molar-refractivity contribution in [1.82, 2.24) is 30.2 Å². The number of likely N-dealkylation sites (tertiary alicyclic amines) is 2. The highest BCUT2D eigenvalue weighted by atomic mass is 16.5. The molecule has 4 aliphatic rings. The number of hydrogen-bond donors (Lipinski definition) is 3. The van der Waals surface area contributed by atoms with Gasteiger partial charge < -0.3 is 35.2 Å². The van der Waals surface area contributed by atoms with Gasteiger partial charge in [-0.1, -0.05) is 96.3 Å². The number of anilines is 1. The number of unbranched alkanes of at least 4 members (excludes halogenated alkanes) is 3. The van der Waals surface area contributed by atoms with Crippen molar-refractivity contribution in [2.75, 3.05) is 53.3 Å². The Labute approximate surface area is 463 Å². The topological polar surface area (TPSA) is 204 Å². The lowest BCUT2D eigenvalue weighted by Gasteiger charge is -2.41. The number of ketones is 2. The minimum absolute atomic E-state index is 0.0170. The van der Waals surface area contributed by atoms with Crippen molar-refractivity contribution in [2.45, 2.75) is 167 Å². The van der Waals surface area contributed by atoms with Crippen LogP contribution in [0.25, 0.3) is 0 Å². The number of likely N-dealkylation sites (N-methyl/N-ethyl adjacent to an activating group) is 2. The molecule has 0 radical (unpaired) electrons. The van der Waals surface area contributed by atoms with Crippen LogP contribution in [-0.2, 0) is 56.0 Å². The van der Waals surface area contributed by atoms with Crippen LogP contribution in [0.5, 0.6) is 0 Å². The first-order valence-electron chi connectivity index (χ1n) is 28.7. The number of rotatable bonds is 31. The van der Waals surface area contributed by atoms with E-state index in [9.17, 15) is 38.4 Å². The summed E-state index contributed by atoms with van der Waals surface area (Å²) < 4.78 is 12.3. The average molecular weight is 1080 g/mol. The Hall–Kier alpha value is -5.78. The van der Waals surface area contributed by atoms with E-state index in [0.29, 0.717) is 56.5 Å². The molecule has 7 amide bonds. The van der Waals surface area contributed by atoms with E-state index in [1.54, 1.807) is 38.3 Å². The Balaban J connectivity index is 1.02. The molecule has 6 rings (SSSR count). The Bertz CT molecular complexity index is 2380. The molecule has 17 heteroatoms. The van der Waals surface area contributed by atoms with Crippen LogP contribution in [-0.4, -0.2) is 151 Å². The third-order valence-electron chi connectivity index (χ3n) is 17.4. The number of carbonyl (C=O) groups excluding carboxylic acids is 8. The van der Waals surface area contributed by atoms with Gasteiger partial charge in [0.25, 0.3) is 11.8 Å². The quantitative estimate of drug-likeness (QED) is 0.0503. The zero-order chi connectivity index (χ0) is 56.6. The van der Waals surface area contributed by atoms with Crippen molar-refractivity contribution in [3.05, 3.63) is 77.9 Å². The van der Waals surface area contributed by atoms with Crippen molar-refractivity contribution in [2.24, 2.45) is 35.5 Å². The van der Waals surface area contributed by atoms with Crippen molar-refractivity contribution < 1.29 is 47.8 Å². The molecular weight excluding hydrogens is 991 g/mol. The van der Waals surface area contributed by atoms with Crippen molar-refractivity contribution >= 4 is 52.8 Å². The summed E-state index contributed by atoms with van der Waals surface area (Å²) in [7, 11) is 6.98. The molecule has 0 aromatic heterocycles. The van der Waals surface area contributed by atoms with Gasteiger partial charge in [-0.05, 0) is 99.4 Å². The fourth-order valence-corrected chi connectivity index (χ4v) is 12.6. The first-order chi connectivity index (χ1) is 37.4. The molecule has 3 fully saturated rings. The van der Waals surface area contributed by atoms with E-state index >= 15 is 0 Å². The van der Waals surface area contributed by atoms with Crippen molar-refractivity contribution in [3.8, 4) is 0 Å². The maximum atomic E-state index is 14.6. The van der Waals surface area contributed by atoms with Gasteiger partial charge in [0.05, 0.1) is 36.8 Å². The van der Waals surface area contributed by atoms with Gasteiger partial charge in [-0.2, -0.15) is 0 Å². The lowest BCUT2D eigenvalue weighted by Crippen LogP contribution is -2.54. The highest BCUT2D eigenvalue weighted by molar-refractivity contribution is 6.12. The predicted octanol–water partition coefficient (Wildman–Crippen LogP) is 7.36. The molecule has 0 spiro atoms. The monoisotopic (exact) mass is 1080 g/mol. The number of fused-ring (bicyclic) bond motifs is 2. The summed E-state index contributed by atoms with van der Waals surface area (Å²) in [5.74, 6) is -2.73. The Kier molecular flexibility index (Phi) is 23.2. The summed E-state index contributed by atoms with van der Waals surface area (Å²) in [6.45, 7) is 11.6. The molecule has 2 aromatic carbocycles. The van der Waals surface area contributed by atoms with E-state index < -0.39 is 42.0 Å². The van der Waals surface area contributed by atoms with Gasteiger partial charge in [0.2, 0.25) is 17.7 Å². The number of methoxy groups -OCH3 is 2. The van der Waals surface area contributed by atoms with Crippen LogP contribution in [0, 0.1) is 35.5 Å². The maximum Gasteiger partial charge on any atom is 0.315 e. The molecule has 2 saturated heterocycles. The number of nitrogens with one attached hydrogen (secondary N) is 3. The second-order valence-corrected chi connectivity index (χ2v) is 22.9. The molecular formula is C61H89N7O10. The third-order valence-corrected chi connectivity index (χ3v) is 17.4. The van der Waals surface area contributed by atoms with Crippen molar-refractivity contribution in [1.29, 1.82) is 0 Å². The zero-order valence-corrected chi connectivity index (χ0v) is 47.9. The third kappa shape index (κ3) is 16.0. The van der Waals surface area contributed by atoms with Gasteiger partial charge in [-0.25, -0.2) is 4.79 Å². The summed E-state index contributed by atoms with van der Waals surface area (Å²) in [4.78, 5) is 115. The van der Waals surface area contributed by atoms with Gasteiger partial charge >= 0.3 is 6.03 Å². The van der Waals surface area contributed by atoms with Crippen LogP contribution in [0.3, 0.4) is 0 Å². The van der Waals surface area contributed by atoms with Crippen LogP contribution in [0.1, 0.15) is 129 Å². The van der Waals surface area contributed by atoms with Gasteiger partial charge in [0.15, 0.2) is 5.78 Å². The van der Waals surface area contributed by atoms with Crippen LogP contribution in [0.15, 0.2) is 66.7 Å². The smallest absolute Gasteiger partial charge is 0.315 e. The number of urea groups is 1. The van der Waals surface area contributed by atoms with Gasteiger partial charge in [-0.15, -0.1) is 0 Å². The number of benzene rings is 2. The van der Waals surface area contributed by atoms with Crippen LogP contribution in [0.2, 0.25) is 0 Å². The number of piperidine rings is 1. The van der Waals surface area contributed by atoms with E-state index in [1.807, 2.05) is 75.2 Å². The summed E-state index contributed by atoms with van der Waals surface area (Å²) in [6, 6.07) is 15.9. The maximum absolute atomic E-state index is 14.6. The molecule has 2 aromatic rings. The molecule has 3 N–H and O–H groups in total. The number of carbonyl (C=O) groups is 8. The van der Waals surface area contributed by atoms with E-state index in [0.717, 1.165) is 62.5 Å². The molecule has 1 saturated carbocycles. The van der Waals surface area contributed by atoms with Crippen LogP contribution >= 0.6 is 0 Å². The number of Topliss-reactive ketones (excluding diaryl/α,β-unsaturated/α-hetero) is 2. The second-order valence-electron chi connectivity index (χ2n) is 22.9. The fraction of sp³-hybridized carbons (Fsp3) is 0.639. The molecule has 3 heterocycles. The first kappa shape index (κ1) is 61.4.